The average Bonchev–Trinajstić information content (AvgIpc) is 3.41. The topological polar surface area (TPSA) is 71.9 Å². The van der Waals surface area contributed by atoms with Gasteiger partial charge in [0.05, 0.1) is 5.52 Å². The van der Waals surface area contributed by atoms with Crippen molar-refractivity contribution in [3.63, 3.8) is 0 Å². The minimum atomic E-state index is -1.18. The van der Waals surface area contributed by atoms with E-state index in [4.69, 9.17) is 4.42 Å². The van der Waals surface area contributed by atoms with Crippen molar-refractivity contribution in [2.24, 2.45) is 0 Å². The number of carboxylic acids is 1. The van der Waals surface area contributed by atoms with Crippen LogP contribution in [-0.4, -0.2) is 15.5 Å². The molecule has 28 heavy (non-hydrogen) atoms. The minimum Gasteiger partial charge on any atom is -0.477 e. The van der Waals surface area contributed by atoms with Crippen LogP contribution in [0.3, 0.4) is 0 Å². The first kappa shape index (κ1) is 18.5. The number of nitrogens with zero attached hydrogens (tertiary/aromatic N) is 1. The van der Waals surface area contributed by atoms with E-state index >= 15 is 0 Å². The van der Waals surface area contributed by atoms with Crippen LogP contribution in [0.2, 0.25) is 0 Å². The van der Waals surface area contributed by atoms with Gasteiger partial charge in [0.25, 0.3) is 5.56 Å². The van der Waals surface area contributed by atoms with Gasteiger partial charge in [-0.3, -0.25) is 9.20 Å². The number of rotatable bonds is 7. The lowest BCUT2D eigenvalue weighted by molar-refractivity contribution is 0.0694. The lowest BCUT2D eigenvalue weighted by Crippen LogP contribution is -2.23. The molecule has 5 heteroatoms. The minimum absolute atomic E-state index is 0.164. The summed E-state index contributed by atoms with van der Waals surface area (Å²) in [5.74, 6) is 0.918. The van der Waals surface area contributed by atoms with Crippen LogP contribution in [0.15, 0.2) is 39.7 Å². The monoisotopic (exact) mass is 379 g/mol. The molecule has 5 nitrogen and oxygen atoms in total. The Kier molecular flexibility index (Phi) is 4.84. The number of hydrogen-bond donors (Lipinski definition) is 1. The molecule has 3 heterocycles. The van der Waals surface area contributed by atoms with E-state index < -0.39 is 11.5 Å². The number of aryl methyl sites for hydroxylation is 2. The third-order valence-electron chi connectivity index (χ3n) is 5.61. The van der Waals surface area contributed by atoms with Gasteiger partial charge in [0.15, 0.2) is 0 Å². The summed E-state index contributed by atoms with van der Waals surface area (Å²) < 4.78 is 7.56. The maximum atomic E-state index is 12.7. The molecular weight excluding hydrogens is 354 g/mol. The van der Waals surface area contributed by atoms with Crippen LogP contribution in [0.1, 0.15) is 72.2 Å². The number of unbranched alkanes of at least 4 members (excludes halogenated alkanes) is 2. The van der Waals surface area contributed by atoms with Crippen LogP contribution >= 0.6 is 0 Å². The molecule has 1 N–H and O–H groups in total. The zero-order chi connectivity index (χ0) is 19.8. The van der Waals surface area contributed by atoms with Crippen LogP contribution < -0.4 is 5.56 Å². The summed E-state index contributed by atoms with van der Waals surface area (Å²) in [4.78, 5) is 24.2. The molecule has 0 saturated heterocycles. The Morgan fingerprint density at radius 2 is 2.04 bits per heavy atom. The Morgan fingerprint density at radius 3 is 2.71 bits per heavy atom. The Labute approximate surface area is 163 Å². The van der Waals surface area contributed by atoms with Gasteiger partial charge in [-0.25, -0.2) is 4.79 Å². The van der Waals surface area contributed by atoms with Gasteiger partial charge in [-0.15, -0.1) is 0 Å². The summed E-state index contributed by atoms with van der Waals surface area (Å²) in [7, 11) is 0. The zero-order valence-electron chi connectivity index (χ0n) is 16.3. The van der Waals surface area contributed by atoms with Crippen LogP contribution in [0.4, 0.5) is 0 Å². The summed E-state index contributed by atoms with van der Waals surface area (Å²) in [5, 5.41) is 9.42. The summed E-state index contributed by atoms with van der Waals surface area (Å²) in [6.45, 7) is 4.16. The molecule has 1 aliphatic carbocycles. The van der Waals surface area contributed by atoms with Crippen LogP contribution in [0.5, 0.6) is 0 Å². The number of carbonyl (C=O) groups is 1. The summed E-state index contributed by atoms with van der Waals surface area (Å²) >= 11 is 0. The van der Waals surface area contributed by atoms with Gasteiger partial charge >= 0.3 is 5.97 Å². The molecule has 0 atom stereocenters. The maximum absolute atomic E-state index is 12.7. The number of pyridine rings is 2. The van der Waals surface area contributed by atoms with Crippen molar-refractivity contribution in [1.82, 2.24) is 4.40 Å². The molecule has 3 aromatic rings. The van der Waals surface area contributed by atoms with E-state index in [9.17, 15) is 14.7 Å². The van der Waals surface area contributed by atoms with Crippen molar-refractivity contribution in [1.29, 1.82) is 0 Å². The predicted molar refractivity (Wildman–Crippen MR) is 108 cm³/mol. The largest absolute Gasteiger partial charge is 0.477 e. The highest BCUT2D eigenvalue weighted by atomic mass is 16.4. The third-order valence-corrected chi connectivity index (χ3v) is 5.61. The smallest absolute Gasteiger partial charge is 0.341 e. The molecular formula is C23H25NO4. The van der Waals surface area contributed by atoms with Gasteiger partial charge in [0.2, 0.25) is 0 Å². The predicted octanol–water partition coefficient (Wildman–Crippen LogP) is 5.18. The number of aromatic nitrogens is 1. The van der Waals surface area contributed by atoms with E-state index in [2.05, 4.69) is 6.92 Å². The third kappa shape index (κ3) is 3.26. The van der Waals surface area contributed by atoms with Crippen LogP contribution in [0.25, 0.3) is 16.8 Å². The molecule has 0 radical (unpaired) electrons. The molecule has 3 aromatic heterocycles. The second-order valence-electron chi connectivity index (χ2n) is 7.69. The summed E-state index contributed by atoms with van der Waals surface area (Å²) in [6.07, 6.45) is 8.13. The molecule has 146 valence electrons. The SMILES string of the molecule is CCCCCc1ccc(-c2ccn3c(=O)c(C(=O)O)cc(C4CC4)c3c2C)o1. The van der Waals surface area contributed by atoms with Crippen molar-refractivity contribution in [2.75, 3.05) is 0 Å². The Bertz CT molecular complexity index is 1100. The fraction of sp³-hybridized carbons (Fsp3) is 0.391. The molecule has 0 aromatic carbocycles. The molecule has 1 fully saturated rings. The van der Waals surface area contributed by atoms with E-state index in [1.165, 1.54) is 17.2 Å². The summed E-state index contributed by atoms with van der Waals surface area (Å²) in [6, 6.07) is 7.43. The number of carboxylic acid groups (broad SMARTS) is 1. The number of hydrogen-bond acceptors (Lipinski definition) is 3. The van der Waals surface area contributed by atoms with Crippen LogP contribution in [-0.2, 0) is 6.42 Å². The van der Waals surface area contributed by atoms with Gasteiger partial charge in [-0.1, -0.05) is 19.8 Å². The second kappa shape index (κ2) is 7.30. The molecule has 0 aliphatic heterocycles. The van der Waals surface area contributed by atoms with Crippen molar-refractivity contribution in [3.8, 4) is 11.3 Å². The Balaban J connectivity index is 1.83. The highest BCUT2D eigenvalue weighted by Crippen LogP contribution is 2.43. The fourth-order valence-electron chi connectivity index (χ4n) is 3.93. The first-order valence-electron chi connectivity index (χ1n) is 10.0. The first-order valence-corrected chi connectivity index (χ1v) is 10.0. The maximum Gasteiger partial charge on any atom is 0.341 e. The van der Waals surface area contributed by atoms with Gasteiger partial charge in [0.1, 0.15) is 17.1 Å². The van der Waals surface area contributed by atoms with E-state index in [1.54, 1.807) is 12.3 Å². The zero-order valence-corrected chi connectivity index (χ0v) is 16.3. The van der Waals surface area contributed by atoms with Crippen LogP contribution in [0, 0.1) is 6.92 Å². The number of fused-ring (bicyclic) bond motifs is 1. The standard InChI is InChI=1S/C23H25NO4/c1-3-4-5-6-16-9-10-20(28-16)17-11-12-24-21(14(17)2)18(15-7-8-15)13-19(22(24)25)23(26)27/h9-13,15H,3-8H2,1-2H3,(H,26,27). The van der Waals surface area contributed by atoms with E-state index in [1.807, 2.05) is 25.1 Å². The van der Waals surface area contributed by atoms with Crippen molar-refractivity contribution >= 4 is 11.5 Å². The molecule has 1 aliphatic rings. The van der Waals surface area contributed by atoms with E-state index in [0.717, 1.165) is 59.4 Å². The van der Waals surface area contributed by atoms with Gasteiger partial charge < -0.3 is 9.52 Å². The highest BCUT2D eigenvalue weighted by Gasteiger charge is 2.29. The number of aromatic carboxylic acids is 1. The normalized spacial score (nSPS) is 13.9. The van der Waals surface area contributed by atoms with Gasteiger partial charge in [-0.05, 0) is 67.5 Å². The lowest BCUT2D eigenvalue weighted by atomic mass is 9.99. The molecule has 4 rings (SSSR count). The van der Waals surface area contributed by atoms with Crippen molar-refractivity contribution in [2.45, 2.75) is 58.3 Å². The molecule has 0 amide bonds. The first-order chi connectivity index (χ1) is 13.5. The second-order valence-corrected chi connectivity index (χ2v) is 7.69. The highest BCUT2D eigenvalue weighted by molar-refractivity contribution is 5.89. The molecule has 0 unspecified atom stereocenters. The average molecular weight is 379 g/mol. The number of furan rings is 1. The molecule has 0 bridgehead atoms. The van der Waals surface area contributed by atoms with E-state index in [0.29, 0.717) is 5.92 Å². The fourth-order valence-corrected chi connectivity index (χ4v) is 3.93. The molecule has 0 spiro atoms. The Hall–Kier alpha value is -2.82. The summed E-state index contributed by atoms with van der Waals surface area (Å²) in [5.41, 5.74) is 3.02. The van der Waals surface area contributed by atoms with Gasteiger partial charge in [0, 0.05) is 18.2 Å². The quantitative estimate of drug-likeness (QED) is 0.574. The van der Waals surface area contributed by atoms with E-state index in [-0.39, 0.29) is 5.56 Å². The van der Waals surface area contributed by atoms with Crippen molar-refractivity contribution in [3.05, 3.63) is 63.3 Å². The van der Waals surface area contributed by atoms with Gasteiger partial charge in [-0.2, -0.15) is 0 Å². The molecule has 1 saturated carbocycles. The van der Waals surface area contributed by atoms with Crippen molar-refractivity contribution < 1.29 is 14.3 Å². The lowest BCUT2D eigenvalue weighted by Gasteiger charge is -2.14. The Morgan fingerprint density at radius 1 is 1.25 bits per heavy atom.